The van der Waals surface area contributed by atoms with E-state index in [4.69, 9.17) is 0 Å². The van der Waals surface area contributed by atoms with Crippen molar-refractivity contribution in [1.82, 2.24) is 29.5 Å². The van der Waals surface area contributed by atoms with Gasteiger partial charge in [0.2, 0.25) is 5.91 Å². The number of aryl methyl sites for hydroxylation is 2. The lowest BCUT2D eigenvalue weighted by molar-refractivity contribution is -0.140. The molecule has 0 saturated carbocycles. The molecule has 0 bridgehead atoms. The maximum absolute atomic E-state index is 12.9. The SMILES string of the molecule is Cc1nn(C)cc1C(=O)N1CC[C@@H]2[C@@H](CCC(=O)N2CCc2cnc[nH]2)C1. The quantitative estimate of drug-likeness (QED) is 0.875. The number of piperidine rings is 2. The Kier molecular flexibility index (Phi) is 4.72. The Hall–Kier alpha value is -2.64. The minimum absolute atomic E-state index is 0.0555. The van der Waals surface area contributed by atoms with E-state index in [1.807, 2.05) is 30.0 Å². The van der Waals surface area contributed by atoms with Gasteiger partial charge in [-0.3, -0.25) is 14.3 Å². The monoisotopic (exact) mass is 370 g/mol. The number of aromatic amines is 1. The highest BCUT2D eigenvalue weighted by Crippen LogP contribution is 2.32. The Morgan fingerprint density at radius 1 is 1.37 bits per heavy atom. The first-order valence-corrected chi connectivity index (χ1v) is 9.59. The Bertz CT molecular complexity index is 827. The molecule has 4 heterocycles. The molecule has 4 rings (SSSR count). The number of hydrogen-bond acceptors (Lipinski definition) is 4. The molecule has 2 atom stereocenters. The van der Waals surface area contributed by atoms with Crippen molar-refractivity contribution >= 4 is 11.8 Å². The van der Waals surface area contributed by atoms with Crippen molar-refractivity contribution in [3.8, 4) is 0 Å². The van der Waals surface area contributed by atoms with Gasteiger partial charge in [0, 0.05) is 63.7 Å². The summed E-state index contributed by atoms with van der Waals surface area (Å²) in [5.74, 6) is 0.637. The largest absolute Gasteiger partial charge is 0.348 e. The van der Waals surface area contributed by atoms with Gasteiger partial charge in [0.05, 0.1) is 17.6 Å². The van der Waals surface area contributed by atoms with E-state index in [1.165, 1.54) is 0 Å². The van der Waals surface area contributed by atoms with E-state index in [0.717, 1.165) is 30.7 Å². The van der Waals surface area contributed by atoms with Gasteiger partial charge in [-0.1, -0.05) is 0 Å². The van der Waals surface area contributed by atoms with E-state index < -0.39 is 0 Å². The van der Waals surface area contributed by atoms with Crippen molar-refractivity contribution in [1.29, 1.82) is 0 Å². The zero-order chi connectivity index (χ0) is 19.0. The van der Waals surface area contributed by atoms with Crippen LogP contribution < -0.4 is 0 Å². The molecule has 0 aromatic carbocycles. The van der Waals surface area contributed by atoms with Crippen LogP contribution in [0.4, 0.5) is 0 Å². The van der Waals surface area contributed by atoms with Crippen LogP contribution in [0, 0.1) is 12.8 Å². The molecule has 2 aliphatic rings. The number of carbonyl (C=O) groups excluding carboxylic acids is 2. The van der Waals surface area contributed by atoms with Gasteiger partial charge in [0.25, 0.3) is 5.91 Å². The first kappa shape index (κ1) is 17.8. The van der Waals surface area contributed by atoms with Crippen LogP contribution in [0.3, 0.4) is 0 Å². The number of rotatable bonds is 4. The average Bonchev–Trinajstić information content (AvgIpc) is 3.29. The summed E-state index contributed by atoms with van der Waals surface area (Å²) >= 11 is 0. The first-order valence-electron chi connectivity index (χ1n) is 9.59. The van der Waals surface area contributed by atoms with Crippen molar-refractivity contribution in [3.05, 3.63) is 35.7 Å². The molecule has 2 fully saturated rings. The maximum atomic E-state index is 12.9. The summed E-state index contributed by atoms with van der Waals surface area (Å²) in [4.78, 5) is 36.5. The van der Waals surface area contributed by atoms with Gasteiger partial charge in [-0.25, -0.2) is 4.98 Å². The molecule has 27 heavy (non-hydrogen) atoms. The van der Waals surface area contributed by atoms with E-state index in [9.17, 15) is 9.59 Å². The van der Waals surface area contributed by atoms with Gasteiger partial charge < -0.3 is 14.8 Å². The molecule has 8 nitrogen and oxygen atoms in total. The third kappa shape index (κ3) is 3.48. The molecular formula is C19H26N6O2. The summed E-state index contributed by atoms with van der Waals surface area (Å²) in [6.45, 7) is 3.97. The summed E-state index contributed by atoms with van der Waals surface area (Å²) in [6, 6.07) is 0.230. The lowest BCUT2D eigenvalue weighted by Gasteiger charge is -2.47. The van der Waals surface area contributed by atoms with E-state index in [1.54, 1.807) is 17.2 Å². The maximum Gasteiger partial charge on any atom is 0.257 e. The highest BCUT2D eigenvalue weighted by molar-refractivity contribution is 5.95. The number of aromatic nitrogens is 4. The predicted octanol–water partition coefficient (Wildman–Crippen LogP) is 1.15. The number of likely N-dealkylation sites (tertiary alicyclic amines) is 2. The summed E-state index contributed by atoms with van der Waals surface area (Å²) in [5, 5.41) is 4.29. The zero-order valence-electron chi connectivity index (χ0n) is 15.9. The molecule has 144 valence electrons. The molecule has 2 aromatic rings. The molecule has 2 amide bonds. The summed E-state index contributed by atoms with van der Waals surface area (Å²) < 4.78 is 1.69. The molecular weight excluding hydrogens is 344 g/mol. The smallest absolute Gasteiger partial charge is 0.257 e. The molecule has 2 aromatic heterocycles. The van der Waals surface area contributed by atoms with Crippen LogP contribution in [0.2, 0.25) is 0 Å². The summed E-state index contributed by atoms with van der Waals surface area (Å²) in [6.07, 6.45) is 8.32. The number of H-pyrrole nitrogens is 1. The van der Waals surface area contributed by atoms with Crippen LogP contribution in [0.1, 0.15) is 41.0 Å². The van der Waals surface area contributed by atoms with Gasteiger partial charge in [-0.05, 0) is 25.7 Å². The van der Waals surface area contributed by atoms with Crippen molar-refractivity contribution in [2.24, 2.45) is 13.0 Å². The van der Waals surface area contributed by atoms with E-state index in [2.05, 4.69) is 15.1 Å². The molecule has 1 N–H and O–H groups in total. The number of nitrogens with one attached hydrogen (secondary N) is 1. The highest BCUT2D eigenvalue weighted by Gasteiger charge is 2.40. The average molecular weight is 370 g/mol. The van der Waals surface area contributed by atoms with Crippen LogP contribution in [0.5, 0.6) is 0 Å². The fourth-order valence-corrected chi connectivity index (χ4v) is 4.47. The highest BCUT2D eigenvalue weighted by atomic mass is 16.2. The predicted molar refractivity (Wildman–Crippen MR) is 99.0 cm³/mol. The normalized spacial score (nSPS) is 22.8. The summed E-state index contributed by atoms with van der Waals surface area (Å²) in [5.41, 5.74) is 2.49. The second-order valence-electron chi connectivity index (χ2n) is 7.62. The second kappa shape index (κ2) is 7.17. The summed E-state index contributed by atoms with van der Waals surface area (Å²) in [7, 11) is 1.83. The Morgan fingerprint density at radius 2 is 2.22 bits per heavy atom. The molecule has 8 heteroatoms. The van der Waals surface area contributed by atoms with Crippen LogP contribution in [-0.2, 0) is 18.3 Å². The molecule has 0 aliphatic carbocycles. The Morgan fingerprint density at radius 3 is 2.93 bits per heavy atom. The fraction of sp³-hybridized carbons (Fsp3) is 0.579. The first-order chi connectivity index (χ1) is 13.0. The molecule has 0 radical (unpaired) electrons. The lowest BCUT2D eigenvalue weighted by Crippen LogP contribution is -2.57. The van der Waals surface area contributed by atoms with Gasteiger partial charge in [-0.2, -0.15) is 5.10 Å². The van der Waals surface area contributed by atoms with Crippen molar-refractivity contribution in [3.63, 3.8) is 0 Å². The van der Waals surface area contributed by atoms with Crippen molar-refractivity contribution < 1.29 is 9.59 Å². The number of nitrogens with zero attached hydrogens (tertiary/aromatic N) is 5. The third-order valence-electron chi connectivity index (χ3n) is 5.85. The topological polar surface area (TPSA) is 87.1 Å². The van der Waals surface area contributed by atoms with E-state index >= 15 is 0 Å². The van der Waals surface area contributed by atoms with Crippen molar-refractivity contribution in [2.75, 3.05) is 19.6 Å². The van der Waals surface area contributed by atoms with Gasteiger partial charge >= 0.3 is 0 Å². The Labute approximate surface area is 158 Å². The van der Waals surface area contributed by atoms with Crippen LogP contribution in [-0.4, -0.2) is 67.0 Å². The van der Waals surface area contributed by atoms with E-state index in [0.29, 0.717) is 37.5 Å². The number of carbonyl (C=O) groups is 2. The molecule has 0 spiro atoms. The van der Waals surface area contributed by atoms with Gasteiger partial charge in [0.15, 0.2) is 0 Å². The Balaban J connectivity index is 1.43. The van der Waals surface area contributed by atoms with Crippen LogP contribution in [0.15, 0.2) is 18.7 Å². The number of fused-ring (bicyclic) bond motifs is 1. The fourth-order valence-electron chi connectivity index (χ4n) is 4.47. The van der Waals surface area contributed by atoms with Crippen LogP contribution >= 0.6 is 0 Å². The van der Waals surface area contributed by atoms with Crippen molar-refractivity contribution in [2.45, 2.75) is 38.6 Å². The minimum atomic E-state index is 0.0555. The van der Waals surface area contributed by atoms with Gasteiger partial charge in [-0.15, -0.1) is 0 Å². The third-order valence-corrected chi connectivity index (χ3v) is 5.85. The second-order valence-corrected chi connectivity index (χ2v) is 7.62. The van der Waals surface area contributed by atoms with Crippen LogP contribution in [0.25, 0.3) is 0 Å². The number of hydrogen-bond donors (Lipinski definition) is 1. The number of amides is 2. The minimum Gasteiger partial charge on any atom is -0.348 e. The standard InChI is InChI=1S/C19H26N6O2/c1-13-16(11-23(2)22-13)19(27)24-7-6-17-14(10-24)3-4-18(26)25(17)8-5-15-9-20-12-21-15/h9,11-12,14,17H,3-8,10H2,1-2H3,(H,20,21)/t14-,17+/m0/s1. The lowest BCUT2D eigenvalue weighted by atomic mass is 9.83. The van der Waals surface area contributed by atoms with Gasteiger partial charge in [0.1, 0.15) is 0 Å². The molecule has 2 saturated heterocycles. The van der Waals surface area contributed by atoms with E-state index in [-0.39, 0.29) is 17.9 Å². The zero-order valence-corrected chi connectivity index (χ0v) is 15.9. The number of imidazole rings is 1. The molecule has 0 unspecified atom stereocenters. The molecule has 2 aliphatic heterocycles.